The van der Waals surface area contributed by atoms with Gasteiger partial charge in [-0.15, -0.1) is 12.4 Å². The van der Waals surface area contributed by atoms with Crippen LogP contribution in [0.15, 0.2) is 54.6 Å². The molecule has 1 fully saturated rings. The lowest BCUT2D eigenvalue weighted by molar-refractivity contribution is 0.648. The van der Waals surface area contributed by atoms with Crippen molar-refractivity contribution < 1.29 is 0 Å². The lowest BCUT2D eigenvalue weighted by Gasteiger charge is -2.12. The topological polar surface area (TPSA) is 24.1 Å². The summed E-state index contributed by atoms with van der Waals surface area (Å²) >= 11 is 0. The molecule has 1 aliphatic heterocycles. The molecule has 0 radical (unpaired) electrons. The van der Waals surface area contributed by atoms with Crippen LogP contribution in [-0.2, 0) is 6.54 Å². The highest BCUT2D eigenvalue weighted by molar-refractivity contribution is 5.85. The lowest BCUT2D eigenvalue weighted by atomic mass is 10.1. The van der Waals surface area contributed by atoms with E-state index in [2.05, 4.69) is 59.2 Å². The van der Waals surface area contributed by atoms with E-state index in [9.17, 15) is 0 Å². The van der Waals surface area contributed by atoms with Gasteiger partial charge in [0.1, 0.15) is 0 Å². The van der Waals surface area contributed by atoms with Gasteiger partial charge in [0.05, 0.1) is 0 Å². The molecule has 0 spiro atoms. The molecule has 2 nitrogen and oxygen atoms in total. The van der Waals surface area contributed by atoms with Crippen molar-refractivity contribution in [1.29, 1.82) is 0 Å². The summed E-state index contributed by atoms with van der Waals surface area (Å²) < 4.78 is 0. The highest BCUT2D eigenvalue weighted by atomic mass is 35.5. The van der Waals surface area contributed by atoms with Gasteiger partial charge < -0.3 is 10.6 Å². The summed E-state index contributed by atoms with van der Waals surface area (Å²) in [6.45, 7) is 2.03. The van der Waals surface area contributed by atoms with Crippen LogP contribution in [0.2, 0.25) is 0 Å². The van der Waals surface area contributed by atoms with Crippen molar-refractivity contribution in [3.05, 3.63) is 65.7 Å². The number of hydrogen-bond acceptors (Lipinski definition) is 2. The average Bonchev–Trinajstić information content (AvgIpc) is 3.01. The number of anilines is 1. The Hall–Kier alpha value is -1.51. The van der Waals surface area contributed by atoms with Crippen molar-refractivity contribution >= 4 is 18.1 Å². The van der Waals surface area contributed by atoms with E-state index in [0.717, 1.165) is 13.1 Å². The third-order valence-corrected chi connectivity index (χ3v) is 3.71. The van der Waals surface area contributed by atoms with Gasteiger partial charge in [0.25, 0.3) is 0 Å². The quantitative estimate of drug-likeness (QED) is 0.883. The smallest absolute Gasteiger partial charge is 0.0400 e. The summed E-state index contributed by atoms with van der Waals surface area (Å²) in [5.74, 6) is 0. The number of halogens is 1. The Morgan fingerprint density at radius 3 is 2.40 bits per heavy atom. The maximum atomic E-state index is 3.53. The monoisotopic (exact) mass is 288 g/mol. The molecule has 1 aliphatic rings. The molecule has 0 aromatic heterocycles. The second-order valence-corrected chi connectivity index (χ2v) is 5.11. The standard InChI is InChI=1S/C17H20N2.ClH/c1-2-5-14(6-3-1)13-19-16-10-8-15(9-11-16)17-7-4-12-18-17;/h1-3,5-6,8-11,17-19H,4,7,12-13H2;1H/t17-;/m0./s1. The SMILES string of the molecule is Cl.c1ccc(CNc2ccc([C@@H]3CCCN3)cc2)cc1. The Morgan fingerprint density at radius 1 is 1.00 bits per heavy atom. The van der Waals surface area contributed by atoms with Crippen LogP contribution >= 0.6 is 12.4 Å². The Balaban J connectivity index is 0.00000147. The minimum Gasteiger partial charge on any atom is -0.381 e. The van der Waals surface area contributed by atoms with Crippen molar-refractivity contribution in [2.75, 3.05) is 11.9 Å². The van der Waals surface area contributed by atoms with Gasteiger partial charge in [-0.1, -0.05) is 42.5 Å². The molecule has 0 saturated carbocycles. The molecule has 3 rings (SSSR count). The van der Waals surface area contributed by atoms with Crippen LogP contribution in [0.25, 0.3) is 0 Å². The molecule has 106 valence electrons. The van der Waals surface area contributed by atoms with Crippen molar-refractivity contribution in [3.8, 4) is 0 Å². The minimum absolute atomic E-state index is 0. The van der Waals surface area contributed by atoms with Gasteiger partial charge in [0.15, 0.2) is 0 Å². The van der Waals surface area contributed by atoms with Gasteiger partial charge >= 0.3 is 0 Å². The summed E-state index contributed by atoms with van der Waals surface area (Å²) in [6, 6.07) is 19.9. The van der Waals surface area contributed by atoms with E-state index in [1.165, 1.54) is 29.7 Å². The zero-order valence-corrected chi connectivity index (χ0v) is 12.3. The Kier molecular flexibility index (Phi) is 5.45. The van der Waals surface area contributed by atoms with Gasteiger partial charge in [-0.3, -0.25) is 0 Å². The molecule has 2 aromatic rings. The summed E-state index contributed by atoms with van der Waals surface area (Å²) in [5, 5.41) is 6.99. The number of hydrogen-bond donors (Lipinski definition) is 2. The zero-order chi connectivity index (χ0) is 12.9. The fraction of sp³-hybridized carbons (Fsp3) is 0.294. The molecule has 1 saturated heterocycles. The number of rotatable bonds is 4. The van der Waals surface area contributed by atoms with Crippen LogP contribution in [-0.4, -0.2) is 6.54 Å². The molecule has 3 heteroatoms. The molecule has 0 aliphatic carbocycles. The van der Waals surface area contributed by atoms with Crippen LogP contribution in [0.1, 0.15) is 30.0 Å². The summed E-state index contributed by atoms with van der Waals surface area (Å²) in [5.41, 5.74) is 3.90. The molecule has 0 amide bonds. The largest absolute Gasteiger partial charge is 0.381 e. The normalized spacial score (nSPS) is 17.5. The van der Waals surface area contributed by atoms with E-state index in [-0.39, 0.29) is 12.4 Å². The second-order valence-electron chi connectivity index (χ2n) is 5.11. The third-order valence-electron chi connectivity index (χ3n) is 3.71. The van der Waals surface area contributed by atoms with E-state index in [4.69, 9.17) is 0 Å². The van der Waals surface area contributed by atoms with Crippen molar-refractivity contribution in [3.63, 3.8) is 0 Å². The van der Waals surface area contributed by atoms with Gasteiger partial charge in [-0.2, -0.15) is 0 Å². The summed E-state index contributed by atoms with van der Waals surface area (Å²) in [7, 11) is 0. The average molecular weight is 289 g/mol. The molecule has 1 heterocycles. The zero-order valence-electron chi connectivity index (χ0n) is 11.5. The molecule has 2 N–H and O–H groups in total. The second kappa shape index (κ2) is 7.32. The lowest BCUT2D eigenvalue weighted by Crippen LogP contribution is -2.12. The summed E-state index contributed by atoms with van der Waals surface area (Å²) in [6.07, 6.45) is 2.55. The van der Waals surface area contributed by atoms with Gasteiger partial charge in [-0.05, 0) is 42.6 Å². The minimum atomic E-state index is 0. The van der Waals surface area contributed by atoms with Gasteiger partial charge in [-0.25, -0.2) is 0 Å². The first-order valence-corrected chi connectivity index (χ1v) is 7.03. The molecular weight excluding hydrogens is 268 g/mol. The Labute approximate surface area is 127 Å². The van der Waals surface area contributed by atoms with Crippen LogP contribution in [0.5, 0.6) is 0 Å². The predicted octanol–water partition coefficient (Wildman–Crippen LogP) is 4.15. The van der Waals surface area contributed by atoms with Crippen molar-refractivity contribution in [1.82, 2.24) is 5.32 Å². The van der Waals surface area contributed by atoms with Gasteiger partial charge in [0.2, 0.25) is 0 Å². The number of nitrogens with one attached hydrogen (secondary N) is 2. The maximum absolute atomic E-state index is 3.53. The summed E-state index contributed by atoms with van der Waals surface area (Å²) in [4.78, 5) is 0. The van der Waals surface area contributed by atoms with E-state index in [1.807, 2.05) is 6.07 Å². The van der Waals surface area contributed by atoms with E-state index in [1.54, 1.807) is 0 Å². The van der Waals surface area contributed by atoms with Crippen LogP contribution in [0.4, 0.5) is 5.69 Å². The maximum Gasteiger partial charge on any atom is 0.0400 e. The molecule has 2 aromatic carbocycles. The Bertz CT molecular complexity index is 504. The highest BCUT2D eigenvalue weighted by Crippen LogP contribution is 2.24. The first-order chi connectivity index (χ1) is 9.42. The third kappa shape index (κ3) is 3.75. The fourth-order valence-electron chi connectivity index (χ4n) is 2.60. The van der Waals surface area contributed by atoms with E-state index >= 15 is 0 Å². The predicted molar refractivity (Wildman–Crippen MR) is 87.4 cm³/mol. The van der Waals surface area contributed by atoms with Crippen molar-refractivity contribution in [2.45, 2.75) is 25.4 Å². The number of benzene rings is 2. The molecule has 1 atom stereocenters. The fourth-order valence-corrected chi connectivity index (χ4v) is 2.60. The van der Waals surface area contributed by atoms with Crippen molar-refractivity contribution in [2.24, 2.45) is 0 Å². The first-order valence-electron chi connectivity index (χ1n) is 7.03. The highest BCUT2D eigenvalue weighted by Gasteiger charge is 2.15. The Morgan fingerprint density at radius 2 is 1.75 bits per heavy atom. The van der Waals surface area contributed by atoms with Crippen LogP contribution in [0, 0.1) is 0 Å². The molecule has 0 unspecified atom stereocenters. The van der Waals surface area contributed by atoms with E-state index in [0.29, 0.717) is 6.04 Å². The van der Waals surface area contributed by atoms with Crippen LogP contribution in [0.3, 0.4) is 0 Å². The molecule has 0 bridgehead atoms. The molecular formula is C17H21ClN2. The molecule has 20 heavy (non-hydrogen) atoms. The van der Waals surface area contributed by atoms with Gasteiger partial charge in [0, 0.05) is 18.3 Å². The first kappa shape index (κ1) is 14.9. The van der Waals surface area contributed by atoms with Crippen LogP contribution < -0.4 is 10.6 Å². The van der Waals surface area contributed by atoms with E-state index < -0.39 is 0 Å².